The number of amides is 1. The molecule has 4 rings (SSSR count). The van der Waals surface area contributed by atoms with E-state index >= 15 is 0 Å². The Balaban J connectivity index is 1.31. The van der Waals surface area contributed by atoms with Crippen LogP contribution in [-0.4, -0.2) is 45.0 Å². The van der Waals surface area contributed by atoms with Gasteiger partial charge in [-0.2, -0.15) is 0 Å². The molecule has 0 saturated carbocycles. The first-order valence-electron chi connectivity index (χ1n) is 11.0. The minimum Gasteiger partial charge on any atom is -0.387 e. The Bertz CT molecular complexity index is 1130. The lowest BCUT2D eigenvalue weighted by Crippen LogP contribution is -2.35. The van der Waals surface area contributed by atoms with Crippen LogP contribution in [0.2, 0.25) is 5.15 Å². The van der Waals surface area contributed by atoms with E-state index in [1.165, 1.54) is 6.07 Å². The normalized spacial score (nSPS) is 18.8. The second-order valence-corrected chi connectivity index (χ2v) is 8.92. The summed E-state index contributed by atoms with van der Waals surface area (Å²) in [5.74, 6) is -0.0773. The molecule has 1 aliphatic heterocycles. The summed E-state index contributed by atoms with van der Waals surface area (Å²) in [5, 5.41) is 14.6. The molecule has 1 aromatic carbocycles. The Morgan fingerprint density at radius 2 is 1.91 bits per heavy atom. The predicted molar refractivity (Wildman–Crippen MR) is 127 cm³/mol. The molecular weight excluding hydrogens is 440 g/mol. The molecule has 3 unspecified atom stereocenters. The molecular formula is C25H27ClN4O3. The molecule has 0 radical (unpaired) electrons. The molecule has 3 heterocycles. The molecule has 172 valence electrons. The highest BCUT2D eigenvalue weighted by atomic mass is 35.5. The number of hydrogen-bond donors (Lipinski definition) is 3. The fourth-order valence-corrected chi connectivity index (χ4v) is 4.34. The zero-order chi connectivity index (χ0) is 23.4. The maximum absolute atomic E-state index is 12.7. The molecule has 1 amide bonds. The first-order valence-corrected chi connectivity index (χ1v) is 11.3. The van der Waals surface area contributed by atoms with Gasteiger partial charge < -0.3 is 20.3 Å². The molecule has 0 bridgehead atoms. The fraction of sp³-hybridized carbons (Fsp3) is 0.320. The number of H-pyrrole nitrogens is 1. The summed E-state index contributed by atoms with van der Waals surface area (Å²) in [4.78, 5) is 32.2. The topological polar surface area (TPSA) is 98.3 Å². The summed E-state index contributed by atoms with van der Waals surface area (Å²) in [6.07, 6.45) is 5.27. The molecule has 7 nitrogen and oxygen atoms in total. The van der Waals surface area contributed by atoms with E-state index in [0.29, 0.717) is 17.3 Å². The number of nitrogens with zero attached hydrogens (tertiary/aromatic N) is 2. The number of aliphatic hydroxyl groups excluding tert-OH is 1. The quantitative estimate of drug-likeness (QED) is 0.465. The van der Waals surface area contributed by atoms with Crippen LogP contribution in [0.3, 0.4) is 0 Å². The molecule has 3 atom stereocenters. The van der Waals surface area contributed by atoms with Gasteiger partial charge in [0.25, 0.3) is 5.91 Å². The molecule has 1 aliphatic rings. The van der Waals surface area contributed by atoms with Crippen LogP contribution < -0.4 is 10.9 Å². The summed E-state index contributed by atoms with van der Waals surface area (Å²) >= 11 is 5.84. The standard InChI is InChI=1S/C25H27ClN4O3/c1-30(15-17-4-11-23(31)28-13-17)25(33)18-5-2-16(3-6-18)12-20-8-9-21(29-20)24(32)19-7-10-22(26)27-14-19/h2-7,10-11,13-14,20-21,24,29,32H,8-9,12,15H2,1H3,(H,28,31). The van der Waals surface area contributed by atoms with E-state index in [1.807, 2.05) is 24.3 Å². The van der Waals surface area contributed by atoms with Gasteiger partial charge in [-0.05, 0) is 48.6 Å². The summed E-state index contributed by atoms with van der Waals surface area (Å²) in [5.41, 5.74) is 3.21. The lowest BCUT2D eigenvalue weighted by Gasteiger charge is -2.20. The molecule has 1 fully saturated rings. The van der Waals surface area contributed by atoms with E-state index in [9.17, 15) is 14.7 Å². The SMILES string of the molecule is CN(Cc1ccc(=O)[nH]c1)C(=O)c1ccc(CC2CCC(C(O)c3ccc(Cl)nc3)N2)cc1. The Morgan fingerprint density at radius 3 is 2.58 bits per heavy atom. The second kappa shape index (κ2) is 10.3. The Labute approximate surface area is 197 Å². The molecule has 1 saturated heterocycles. The van der Waals surface area contributed by atoms with Crippen LogP contribution in [-0.2, 0) is 13.0 Å². The minimum absolute atomic E-state index is 0.0274. The summed E-state index contributed by atoms with van der Waals surface area (Å²) in [6, 6.07) is 14.6. The van der Waals surface area contributed by atoms with Crippen molar-refractivity contribution in [1.29, 1.82) is 0 Å². The maximum Gasteiger partial charge on any atom is 0.253 e. The molecule has 0 spiro atoms. The number of nitrogens with one attached hydrogen (secondary N) is 2. The molecule has 3 aromatic rings. The van der Waals surface area contributed by atoms with Crippen LogP contribution in [0, 0.1) is 0 Å². The smallest absolute Gasteiger partial charge is 0.253 e. The highest BCUT2D eigenvalue weighted by molar-refractivity contribution is 6.29. The monoisotopic (exact) mass is 466 g/mol. The van der Waals surface area contributed by atoms with Crippen molar-refractivity contribution in [3.63, 3.8) is 0 Å². The third-order valence-corrected chi connectivity index (χ3v) is 6.27. The Hall–Kier alpha value is -3.00. The molecule has 8 heteroatoms. The first-order chi connectivity index (χ1) is 15.9. The Morgan fingerprint density at radius 1 is 1.15 bits per heavy atom. The van der Waals surface area contributed by atoms with Crippen molar-refractivity contribution in [3.05, 3.63) is 98.7 Å². The van der Waals surface area contributed by atoms with Crippen LogP contribution in [0.1, 0.15) is 46.0 Å². The second-order valence-electron chi connectivity index (χ2n) is 8.53. The van der Waals surface area contributed by atoms with Crippen molar-refractivity contribution in [2.75, 3.05) is 7.05 Å². The zero-order valence-corrected chi connectivity index (χ0v) is 19.1. The zero-order valence-electron chi connectivity index (χ0n) is 18.4. The van der Waals surface area contributed by atoms with Crippen molar-refractivity contribution in [3.8, 4) is 0 Å². The molecule has 2 aromatic heterocycles. The lowest BCUT2D eigenvalue weighted by molar-refractivity contribution is 0.0785. The van der Waals surface area contributed by atoms with Gasteiger partial charge in [-0.15, -0.1) is 0 Å². The number of rotatable bonds is 7. The number of pyridine rings is 2. The van der Waals surface area contributed by atoms with Gasteiger partial charge in [-0.25, -0.2) is 4.98 Å². The summed E-state index contributed by atoms with van der Waals surface area (Å²) in [7, 11) is 1.74. The number of aromatic nitrogens is 2. The van der Waals surface area contributed by atoms with Crippen molar-refractivity contribution < 1.29 is 9.90 Å². The van der Waals surface area contributed by atoms with E-state index in [4.69, 9.17) is 11.6 Å². The lowest BCUT2D eigenvalue weighted by atomic mass is 10.0. The van der Waals surface area contributed by atoms with Crippen molar-refractivity contribution in [1.82, 2.24) is 20.2 Å². The maximum atomic E-state index is 12.7. The molecule has 3 N–H and O–H groups in total. The van der Waals surface area contributed by atoms with Gasteiger partial charge in [0.05, 0.1) is 6.10 Å². The number of aliphatic hydroxyl groups is 1. The number of hydrogen-bond acceptors (Lipinski definition) is 5. The highest BCUT2D eigenvalue weighted by Gasteiger charge is 2.30. The van der Waals surface area contributed by atoms with Crippen LogP contribution in [0.25, 0.3) is 0 Å². The van der Waals surface area contributed by atoms with E-state index in [0.717, 1.165) is 36.0 Å². The molecule has 33 heavy (non-hydrogen) atoms. The van der Waals surface area contributed by atoms with Gasteiger partial charge >= 0.3 is 0 Å². The van der Waals surface area contributed by atoms with Crippen molar-refractivity contribution in [2.24, 2.45) is 0 Å². The van der Waals surface area contributed by atoms with Crippen molar-refractivity contribution >= 4 is 17.5 Å². The van der Waals surface area contributed by atoms with Gasteiger partial charge in [0.2, 0.25) is 5.56 Å². The summed E-state index contributed by atoms with van der Waals surface area (Å²) in [6.45, 7) is 0.413. The van der Waals surface area contributed by atoms with Gasteiger partial charge in [-0.1, -0.05) is 35.9 Å². The molecule has 0 aliphatic carbocycles. The fourth-order valence-electron chi connectivity index (χ4n) is 4.23. The van der Waals surface area contributed by atoms with Crippen LogP contribution >= 0.6 is 11.6 Å². The van der Waals surface area contributed by atoms with Gasteiger partial charge in [0.15, 0.2) is 0 Å². The van der Waals surface area contributed by atoms with Crippen LogP contribution in [0.4, 0.5) is 0 Å². The van der Waals surface area contributed by atoms with Crippen LogP contribution in [0.5, 0.6) is 0 Å². The number of carbonyl (C=O) groups is 1. The number of halogens is 1. The van der Waals surface area contributed by atoms with Crippen LogP contribution in [0.15, 0.2) is 65.7 Å². The predicted octanol–water partition coefficient (Wildman–Crippen LogP) is 3.09. The van der Waals surface area contributed by atoms with Crippen molar-refractivity contribution in [2.45, 2.75) is 44.0 Å². The third kappa shape index (κ3) is 5.87. The minimum atomic E-state index is -0.627. The largest absolute Gasteiger partial charge is 0.387 e. The number of benzene rings is 1. The van der Waals surface area contributed by atoms with Gasteiger partial charge in [0.1, 0.15) is 5.15 Å². The van der Waals surface area contributed by atoms with Gasteiger partial charge in [-0.3, -0.25) is 9.59 Å². The number of carbonyl (C=O) groups excluding carboxylic acids is 1. The highest BCUT2D eigenvalue weighted by Crippen LogP contribution is 2.27. The summed E-state index contributed by atoms with van der Waals surface area (Å²) < 4.78 is 0. The van der Waals surface area contributed by atoms with E-state index in [1.54, 1.807) is 42.5 Å². The van der Waals surface area contributed by atoms with E-state index in [-0.39, 0.29) is 23.6 Å². The van der Waals surface area contributed by atoms with E-state index < -0.39 is 6.10 Å². The van der Waals surface area contributed by atoms with E-state index in [2.05, 4.69) is 15.3 Å². The van der Waals surface area contributed by atoms with Gasteiger partial charge in [0, 0.05) is 55.3 Å². The Kier molecular flexibility index (Phi) is 7.23. The average Bonchev–Trinajstić information content (AvgIpc) is 3.29. The number of aromatic amines is 1. The first kappa shape index (κ1) is 23.2. The third-order valence-electron chi connectivity index (χ3n) is 6.05. The average molecular weight is 467 g/mol.